The molecule has 0 atom stereocenters. The number of aromatic nitrogens is 2. The average molecular weight is 256 g/mol. The van der Waals surface area contributed by atoms with Gasteiger partial charge in [0.1, 0.15) is 5.82 Å². The molecular weight excluding hydrogens is 245 g/mol. The summed E-state index contributed by atoms with van der Waals surface area (Å²) in [5.74, 6) is 0.171. The molecule has 3 nitrogen and oxygen atoms in total. The molecule has 1 heterocycles. The Morgan fingerprint density at radius 1 is 1.22 bits per heavy atom. The van der Waals surface area contributed by atoms with Crippen LogP contribution in [0.5, 0.6) is 0 Å². The van der Waals surface area contributed by atoms with E-state index in [1.165, 1.54) is 6.92 Å². The minimum atomic E-state index is -4.45. The standard InChI is InChI=1S/C12H11F3N2O/c1-7-10(12(13,14)15)17-11(16-7)9-4-2-8(6-18)3-5-9/h2-5,18H,6H2,1H3,(H,16,17). The van der Waals surface area contributed by atoms with Gasteiger partial charge in [0.2, 0.25) is 0 Å². The van der Waals surface area contributed by atoms with E-state index in [9.17, 15) is 13.2 Å². The fraction of sp³-hybridized carbons (Fsp3) is 0.250. The summed E-state index contributed by atoms with van der Waals surface area (Å²) in [5, 5.41) is 8.88. The van der Waals surface area contributed by atoms with Crippen LogP contribution >= 0.6 is 0 Å². The number of benzene rings is 1. The summed E-state index contributed by atoms with van der Waals surface area (Å²) in [5.41, 5.74) is 0.330. The van der Waals surface area contributed by atoms with Gasteiger partial charge in [-0.1, -0.05) is 24.3 Å². The number of nitrogens with zero attached hydrogens (tertiary/aromatic N) is 1. The Kier molecular flexibility index (Phi) is 3.13. The zero-order valence-corrected chi connectivity index (χ0v) is 9.54. The van der Waals surface area contributed by atoms with Crippen LogP contribution in [0.2, 0.25) is 0 Å². The van der Waals surface area contributed by atoms with Crippen molar-refractivity contribution in [3.05, 3.63) is 41.2 Å². The normalized spacial score (nSPS) is 11.8. The zero-order valence-electron chi connectivity index (χ0n) is 9.54. The molecule has 1 aromatic carbocycles. The predicted octanol–water partition coefficient (Wildman–Crippen LogP) is 2.90. The first kappa shape index (κ1) is 12.6. The molecule has 0 spiro atoms. The van der Waals surface area contributed by atoms with Gasteiger partial charge >= 0.3 is 6.18 Å². The molecule has 0 aliphatic rings. The molecule has 6 heteroatoms. The highest BCUT2D eigenvalue weighted by Crippen LogP contribution is 2.32. The first-order chi connectivity index (χ1) is 8.41. The lowest BCUT2D eigenvalue weighted by molar-refractivity contribution is -0.141. The maximum atomic E-state index is 12.6. The topological polar surface area (TPSA) is 48.9 Å². The third kappa shape index (κ3) is 2.38. The lowest BCUT2D eigenvalue weighted by Crippen LogP contribution is -2.07. The Hall–Kier alpha value is -1.82. The number of hydrogen-bond acceptors (Lipinski definition) is 2. The number of nitrogens with one attached hydrogen (secondary N) is 1. The molecule has 0 saturated carbocycles. The summed E-state index contributed by atoms with van der Waals surface area (Å²) in [6.45, 7) is 1.23. The quantitative estimate of drug-likeness (QED) is 0.868. The van der Waals surface area contributed by atoms with Crippen LogP contribution in [0.4, 0.5) is 13.2 Å². The summed E-state index contributed by atoms with van der Waals surface area (Å²) in [4.78, 5) is 6.18. The van der Waals surface area contributed by atoms with Gasteiger partial charge < -0.3 is 10.1 Å². The van der Waals surface area contributed by atoms with Crippen molar-refractivity contribution >= 4 is 0 Å². The van der Waals surface area contributed by atoms with Crippen molar-refractivity contribution in [3.8, 4) is 11.4 Å². The smallest absolute Gasteiger partial charge is 0.392 e. The fourth-order valence-corrected chi connectivity index (χ4v) is 1.64. The molecule has 96 valence electrons. The number of halogens is 3. The molecule has 1 aromatic heterocycles. The number of aliphatic hydroxyl groups excluding tert-OH is 1. The maximum absolute atomic E-state index is 12.6. The average Bonchev–Trinajstić information content (AvgIpc) is 2.71. The van der Waals surface area contributed by atoms with Crippen molar-refractivity contribution < 1.29 is 18.3 Å². The molecule has 0 amide bonds. The number of alkyl halides is 3. The van der Waals surface area contributed by atoms with E-state index in [4.69, 9.17) is 5.11 Å². The number of aryl methyl sites for hydroxylation is 1. The Bertz CT molecular complexity index is 543. The number of H-pyrrole nitrogens is 1. The van der Waals surface area contributed by atoms with Gasteiger partial charge in [0.05, 0.1) is 6.61 Å². The highest BCUT2D eigenvalue weighted by molar-refractivity contribution is 5.56. The number of hydrogen-bond donors (Lipinski definition) is 2. The molecule has 0 radical (unpaired) electrons. The van der Waals surface area contributed by atoms with Crippen molar-refractivity contribution in [1.29, 1.82) is 0 Å². The minimum Gasteiger partial charge on any atom is -0.392 e. The van der Waals surface area contributed by atoms with E-state index in [1.807, 2.05) is 0 Å². The number of aromatic amines is 1. The molecule has 0 unspecified atom stereocenters. The molecule has 2 N–H and O–H groups in total. The molecule has 0 bridgehead atoms. The van der Waals surface area contributed by atoms with E-state index in [2.05, 4.69) is 9.97 Å². The number of aliphatic hydroxyl groups is 1. The molecule has 0 aliphatic carbocycles. The second-order valence-electron chi connectivity index (χ2n) is 3.91. The first-order valence-corrected chi connectivity index (χ1v) is 5.26. The van der Waals surface area contributed by atoms with E-state index in [1.54, 1.807) is 24.3 Å². The van der Waals surface area contributed by atoms with E-state index in [0.29, 0.717) is 11.1 Å². The number of rotatable bonds is 2. The van der Waals surface area contributed by atoms with Crippen molar-refractivity contribution in [1.82, 2.24) is 9.97 Å². The van der Waals surface area contributed by atoms with Crippen LogP contribution in [-0.4, -0.2) is 15.1 Å². The van der Waals surface area contributed by atoms with Gasteiger partial charge in [0, 0.05) is 11.3 Å². The van der Waals surface area contributed by atoms with Gasteiger partial charge in [0.15, 0.2) is 5.69 Å². The molecule has 0 fully saturated rings. The predicted molar refractivity (Wildman–Crippen MR) is 59.7 cm³/mol. The van der Waals surface area contributed by atoms with E-state index >= 15 is 0 Å². The van der Waals surface area contributed by atoms with Gasteiger partial charge in [-0.3, -0.25) is 0 Å². The Labute approximate surface area is 101 Å². The minimum absolute atomic E-state index is 0.0104. The Balaban J connectivity index is 2.39. The van der Waals surface area contributed by atoms with Crippen LogP contribution in [0.25, 0.3) is 11.4 Å². The Morgan fingerprint density at radius 3 is 2.28 bits per heavy atom. The van der Waals surface area contributed by atoms with Gasteiger partial charge in [-0.15, -0.1) is 0 Å². The van der Waals surface area contributed by atoms with Crippen LogP contribution in [0, 0.1) is 6.92 Å². The zero-order chi connectivity index (χ0) is 13.3. The third-order valence-electron chi connectivity index (χ3n) is 2.56. The molecular formula is C12H11F3N2O. The highest BCUT2D eigenvalue weighted by atomic mass is 19.4. The summed E-state index contributed by atoms with van der Waals surface area (Å²) in [6, 6.07) is 6.51. The van der Waals surface area contributed by atoms with Crippen molar-refractivity contribution in [3.63, 3.8) is 0 Å². The summed E-state index contributed by atoms with van der Waals surface area (Å²) in [6.07, 6.45) is -4.45. The highest BCUT2D eigenvalue weighted by Gasteiger charge is 2.36. The lowest BCUT2D eigenvalue weighted by Gasteiger charge is -2.02. The van der Waals surface area contributed by atoms with Crippen LogP contribution in [0.15, 0.2) is 24.3 Å². The summed E-state index contributed by atoms with van der Waals surface area (Å²) >= 11 is 0. The molecule has 2 aromatic rings. The SMILES string of the molecule is Cc1[nH]c(-c2ccc(CO)cc2)nc1C(F)(F)F. The molecule has 18 heavy (non-hydrogen) atoms. The van der Waals surface area contributed by atoms with Crippen molar-refractivity contribution in [2.45, 2.75) is 19.7 Å². The largest absolute Gasteiger partial charge is 0.435 e. The van der Waals surface area contributed by atoms with Gasteiger partial charge in [-0.05, 0) is 12.5 Å². The first-order valence-electron chi connectivity index (χ1n) is 5.26. The van der Waals surface area contributed by atoms with Crippen LogP contribution in [0.1, 0.15) is 17.0 Å². The Morgan fingerprint density at radius 2 is 1.83 bits per heavy atom. The van der Waals surface area contributed by atoms with Crippen LogP contribution < -0.4 is 0 Å². The molecule has 0 saturated heterocycles. The van der Waals surface area contributed by atoms with Crippen molar-refractivity contribution in [2.75, 3.05) is 0 Å². The monoisotopic (exact) mass is 256 g/mol. The number of imidazole rings is 1. The van der Waals surface area contributed by atoms with E-state index < -0.39 is 11.9 Å². The molecule has 0 aliphatic heterocycles. The van der Waals surface area contributed by atoms with E-state index in [0.717, 1.165) is 0 Å². The van der Waals surface area contributed by atoms with Crippen LogP contribution in [-0.2, 0) is 12.8 Å². The van der Waals surface area contributed by atoms with Crippen LogP contribution in [0.3, 0.4) is 0 Å². The second kappa shape index (κ2) is 4.45. The third-order valence-corrected chi connectivity index (χ3v) is 2.56. The lowest BCUT2D eigenvalue weighted by atomic mass is 10.1. The second-order valence-corrected chi connectivity index (χ2v) is 3.91. The fourth-order valence-electron chi connectivity index (χ4n) is 1.64. The van der Waals surface area contributed by atoms with Gasteiger partial charge in [-0.2, -0.15) is 13.2 Å². The maximum Gasteiger partial charge on any atom is 0.435 e. The van der Waals surface area contributed by atoms with Gasteiger partial charge in [-0.25, -0.2) is 4.98 Å². The van der Waals surface area contributed by atoms with E-state index in [-0.39, 0.29) is 18.1 Å². The van der Waals surface area contributed by atoms with Gasteiger partial charge in [0.25, 0.3) is 0 Å². The molecule has 2 rings (SSSR count). The summed E-state index contributed by atoms with van der Waals surface area (Å²) < 4.78 is 37.7. The summed E-state index contributed by atoms with van der Waals surface area (Å²) in [7, 11) is 0. The van der Waals surface area contributed by atoms with Crippen molar-refractivity contribution in [2.24, 2.45) is 0 Å².